The number of amides is 2. The summed E-state index contributed by atoms with van der Waals surface area (Å²) in [6.07, 6.45) is 6.10. The van der Waals surface area contributed by atoms with E-state index in [2.05, 4.69) is 22.3 Å². The molecule has 34 heavy (non-hydrogen) atoms. The number of nitrogens with zero attached hydrogens (tertiary/aromatic N) is 2. The van der Waals surface area contributed by atoms with E-state index < -0.39 is 0 Å². The van der Waals surface area contributed by atoms with Crippen molar-refractivity contribution in [2.24, 2.45) is 5.92 Å². The van der Waals surface area contributed by atoms with E-state index in [-0.39, 0.29) is 17.7 Å². The average molecular weight is 464 g/mol. The zero-order chi connectivity index (χ0) is 23.8. The first-order chi connectivity index (χ1) is 16.6. The minimum Gasteiger partial charge on any atom is -0.494 e. The zero-order valence-corrected chi connectivity index (χ0v) is 20.3. The van der Waals surface area contributed by atoms with E-state index in [4.69, 9.17) is 4.74 Å². The Hall–Kier alpha value is -2.86. The first-order valence-electron chi connectivity index (χ1n) is 12.8. The van der Waals surface area contributed by atoms with Gasteiger partial charge in [0, 0.05) is 25.6 Å². The molecule has 0 aliphatic carbocycles. The first kappa shape index (κ1) is 24.3. The number of piperidine rings is 1. The Labute approximate surface area is 203 Å². The minimum absolute atomic E-state index is 0.0223. The number of anilines is 1. The molecule has 0 spiro atoms. The molecule has 1 N–H and O–H groups in total. The van der Waals surface area contributed by atoms with Gasteiger partial charge in [-0.3, -0.25) is 14.5 Å². The Morgan fingerprint density at radius 2 is 1.68 bits per heavy atom. The maximum absolute atomic E-state index is 13.2. The first-order valence-corrected chi connectivity index (χ1v) is 12.8. The fourth-order valence-corrected chi connectivity index (χ4v) is 4.97. The Balaban J connectivity index is 1.32. The second-order valence-corrected chi connectivity index (χ2v) is 9.37. The highest BCUT2D eigenvalue weighted by atomic mass is 16.5. The summed E-state index contributed by atoms with van der Waals surface area (Å²) in [5, 5.41) is 3.08. The predicted octanol–water partition coefficient (Wildman–Crippen LogP) is 4.95. The Bertz CT molecular complexity index is 961. The van der Waals surface area contributed by atoms with E-state index in [1.165, 1.54) is 18.4 Å². The molecule has 0 saturated carbocycles. The van der Waals surface area contributed by atoms with Crippen molar-refractivity contribution in [3.05, 3.63) is 59.7 Å². The molecule has 0 aromatic heterocycles. The van der Waals surface area contributed by atoms with E-state index in [9.17, 15) is 9.59 Å². The van der Waals surface area contributed by atoms with Gasteiger partial charge in [0.05, 0.1) is 17.9 Å². The van der Waals surface area contributed by atoms with Gasteiger partial charge in [0.15, 0.2) is 0 Å². The molecule has 2 aromatic carbocycles. The van der Waals surface area contributed by atoms with Gasteiger partial charge in [0.1, 0.15) is 5.75 Å². The monoisotopic (exact) mass is 463 g/mol. The third-order valence-electron chi connectivity index (χ3n) is 6.88. The highest BCUT2D eigenvalue weighted by Gasteiger charge is 2.27. The molecule has 0 atom stereocenters. The van der Waals surface area contributed by atoms with E-state index >= 15 is 0 Å². The Morgan fingerprint density at radius 1 is 0.941 bits per heavy atom. The summed E-state index contributed by atoms with van der Waals surface area (Å²) < 4.78 is 5.61. The fourth-order valence-electron chi connectivity index (χ4n) is 4.97. The van der Waals surface area contributed by atoms with E-state index in [1.54, 1.807) is 0 Å². The van der Waals surface area contributed by atoms with Crippen LogP contribution in [0.4, 0.5) is 5.69 Å². The third-order valence-corrected chi connectivity index (χ3v) is 6.88. The van der Waals surface area contributed by atoms with Crippen LogP contribution < -0.4 is 10.1 Å². The van der Waals surface area contributed by atoms with Crippen molar-refractivity contribution < 1.29 is 14.3 Å². The van der Waals surface area contributed by atoms with E-state index in [1.807, 2.05) is 48.2 Å². The number of benzene rings is 2. The minimum atomic E-state index is -0.0349. The van der Waals surface area contributed by atoms with Crippen molar-refractivity contribution in [3.63, 3.8) is 0 Å². The molecule has 2 aliphatic rings. The van der Waals surface area contributed by atoms with Crippen molar-refractivity contribution >= 4 is 17.5 Å². The van der Waals surface area contributed by atoms with Gasteiger partial charge < -0.3 is 15.0 Å². The lowest BCUT2D eigenvalue weighted by Crippen LogP contribution is -2.38. The van der Waals surface area contributed by atoms with Crippen molar-refractivity contribution in [1.29, 1.82) is 0 Å². The number of para-hydroxylation sites is 1. The lowest BCUT2D eigenvalue weighted by Gasteiger charge is -2.31. The zero-order valence-electron chi connectivity index (χ0n) is 20.3. The summed E-state index contributed by atoms with van der Waals surface area (Å²) in [5.41, 5.74) is 2.47. The number of hydrogen-bond donors (Lipinski definition) is 1. The van der Waals surface area contributed by atoms with Gasteiger partial charge in [0.25, 0.3) is 5.91 Å². The van der Waals surface area contributed by atoms with Crippen LogP contribution >= 0.6 is 0 Å². The quantitative estimate of drug-likeness (QED) is 0.631. The van der Waals surface area contributed by atoms with Gasteiger partial charge >= 0.3 is 0 Å². The van der Waals surface area contributed by atoms with E-state index in [0.717, 1.165) is 64.2 Å². The van der Waals surface area contributed by atoms with Crippen LogP contribution in [0.1, 0.15) is 61.4 Å². The standard InChI is InChI=1S/C28H37N3O3/c1-2-34-24-11-9-10-22(20-24)21-30-18-14-23(15-19-30)27(32)29-26-13-6-5-12-25(26)28(33)31-16-7-3-4-8-17-31/h5-6,9-13,20,23H,2-4,7-8,14-19,21H2,1H3,(H,29,32). The van der Waals surface area contributed by atoms with Crippen LogP contribution in [0.25, 0.3) is 0 Å². The van der Waals surface area contributed by atoms with Gasteiger partial charge in [-0.1, -0.05) is 37.1 Å². The van der Waals surface area contributed by atoms with Gasteiger partial charge in [-0.05, 0) is 75.5 Å². The Kier molecular flexibility index (Phi) is 8.58. The van der Waals surface area contributed by atoms with Crippen molar-refractivity contribution in [3.8, 4) is 5.75 Å². The number of nitrogens with one attached hydrogen (secondary N) is 1. The van der Waals surface area contributed by atoms with Crippen molar-refractivity contribution in [2.45, 2.75) is 52.0 Å². The molecule has 6 nitrogen and oxygen atoms in total. The molecule has 2 saturated heterocycles. The van der Waals surface area contributed by atoms with Crippen LogP contribution in [0.5, 0.6) is 5.75 Å². The molecule has 2 amide bonds. The molecule has 0 bridgehead atoms. The average Bonchev–Trinajstić information content (AvgIpc) is 3.15. The van der Waals surface area contributed by atoms with Crippen molar-refractivity contribution in [2.75, 3.05) is 38.1 Å². The molecule has 2 fully saturated rings. The van der Waals surface area contributed by atoms with Crippen LogP contribution in [0.3, 0.4) is 0 Å². The van der Waals surface area contributed by atoms with Crippen LogP contribution in [-0.2, 0) is 11.3 Å². The smallest absolute Gasteiger partial charge is 0.255 e. The lowest BCUT2D eigenvalue weighted by molar-refractivity contribution is -0.121. The van der Waals surface area contributed by atoms with E-state index in [0.29, 0.717) is 17.9 Å². The Morgan fingerprint density at radius 3 is 2.41 bits per heavy atom. The largest absolute Gasteiger partial charge is 0.494 e. The topological polar surface area (TPSA) is 61.9 Å². The van der Waals surface area contributed by atoms with Crippen molar-refractivity contribution in [1.82, 2.24) is 9.80 Å². The molecule has 0 radical (unpaired) electrons. The molecule has 2 heterocycles. The number of carbonyl (C=O) groups excluding carboxylic acids is 2. The number of carbonyl (C=O) groups is 2. The molecular weight excluding hydrogens is 426 g/mol. The van der Waals surface area contributed by atoms with Crippen LogP contribution in [0.15, 0.2) is 48.5 Å². The van der Waals surface area contributed by atoms with Crippen LogP contribution in [-0.4, -0.2) is 54.4 Å². The molecular formula is C28H37N3O3. The lowest BCUT2D eigenvalue weighted by atomic mass is 9.95. The summed E-state index contributed by atoms with van der Waals surface area (Å²) in [7, 11) is 0. The summed E-state index contributed by atoms with van der Waals surface area (Å²) in [6.45, 7) is 6.88. The summed E-state index contributed by atoms with van der Waals surface area (Å²) in [5.74, 6) is 0.922. The predicted molar refractivity (Wildman–Crippen MR) is 135 cm³/mol. The summed E-state index contributed by atoms with van der Waals surface area (Å²) in [4.78, 5) is 30.6. The highest BCUT2D eigenvalue weighted by molar-refractivity contribution is 6.04. The number of rotatable bonds is 7. The molecule has 182 valence electrons. The van der Waals surface area contributed by atoms with Gasteiger partial charge in [-0.15, -0.1) is 0 Å². The van der Waals surface area contributed by atoms with Gasteiger partial charge in [-0.2, -0.15) is 0 Å². The second kappa shape index (κ2) is 12.0. The number of ether oxygens (including phenoxy) is 1. The molecule has 6 heteroatoms. The van der Waals surface area contributed by atoms with Gasteiger partial charge in [-0.25, -0.2) is 0 Å². The fraction of sp³-hybridized carbons (Fsp3) is 0.500. The second-order valence-electron chi connectivity index (χ2n) is 9.37. The molecule has 2 aromatic rings. The highest BCUT2D eigenvalue weighted by Crippen LogP contribution is 2.25. The molecule has 0 unspecified atom stereocenters. The summed E-state index contributed by atoms with van der Waals surface area (Å²) in [6, 6.07) is 15.7. The third kappa shape index (κ3) is 6.38. The van der Waals surface area contributed by atoms with Crippen LogP contribution in [0.2, 0.25) is 0 Å². The SMILES string of the molecule is CCOc1cccc(CN2CCC(C(=O)Nc3ccccc3C(=O)N3CCCCCC3)CC2)c1. The molecule has 2 aliphatic heterocycles. The normalized spacial score (nSPS) is 17.7. The maximum atomic E-state index is 13.2. The summed E-state index contributed by atoms with van der Waals surface area (Å²) >= 11 is 0. The maximum Gasteiger partial charge on any atom is 0.255 e. The van der Waals surface area contributed by atoms with Crippen LogP contribution in [0, 0.1) is 5.92 Å². The number of hydrogen-bond acceptors (Lipinski definition) is 4. The molecule has 4 rings (SSSR count). The number of likely N-dealkylation sites (tertiary alicyclic amines) is 2. The van der Waals surface area contributed by atoms with Gasteiger partial charge in [0.2, 0.25) is 5.91 Å².